The highest BCUT2D eigenvalue weighted by Gasteiger charge is 2.29. The van der Waals surface area contributed by atoms with Gasteiger partial charge in [-0.2, -0.15) is 13.2 Å². The van der Waals surface area contributed by atoms with Crippen LogP contribution in [0.2, 0.25) is 0 Å². The summed E-state index contributed by atoms with van der Waals surface area (Å²) >= 11 is -0.189. The summed E-state index contributed by atoms with van der Waals surface area (Å²) in [5.74, 6) is -0.584. The Kier molecular flexibility index (Phi) is 6.08. The van der Waals surface area contributed by atoms with Crippen molar-refractivity contribution < 1.29 is 22.8 Å². The molecule has 0 aromatic heterocycles. The number of nitrogens with one attached hydrogen (secondary N) is 2. The van der Waals surface area contributed by atoms with Gasteiger partial charge in [0.25, 0.3) is 5.91 Å². The topological polar surface area (TPSA) is 58.2 Å². The standard InChI is InChI=1S/C20H17F3N2O2S/c21-20(22,23)28-17-9-4-13(5-10-17)6-11-18(26)24-16-3-1-2-14(12-16)19(27)25-15-7-8-15/h1-6,9-12,15H,7-8H2,(H,24,26)(H,25,27)/b11-6+. The van der Waals surface area contributed by atoms with Crippen LogP contribution in [0, 0.1) is 0 Å². The van der Waals surface area contributed by atoms with E-state index >= 15 is 0 Å². The monoisotopic (exact) mass is 406 g/mol. The summed E-state index contributed by atoms with van der Waals surface area (Å²) < 4.78 is 37.0. The Hall–Kier alpha value is -2.74. The van der Waals surface area contributed by atoms with Crippen LogP contribution in [0.5, 0.6) is 0 Å². The SMILES string of the molecule is O=C(/C=C/c1ccc(SC(F)(F)F)cc1)Nc1cccc(C(=O)NC2CC2)c1. The van der Waals surface area contributed by atoms with E-state index < -0.39 is 11.4 Å². The first kappa shape index (κ1) is 20.0. The molecule has 1 aliphatic rings. The number of halogens is 3. The van der Waals surface area contributed by atoms with Crippen molar-refractivity contribution in [2.24, 2.45) is 0 Å². The lowest BCUT2D eigenvalue weighted by atomic mass is 10.2. The number of alkyl halides is 3. The summed E-state index contributed by atoms with van der Waals surface area (Å²) in [5.41, 5.74) is -2.79. The zero-order valence-corrected chi connectivity index (χ0v) is 15.4. The number of anilines is 1. The Morgan fingerprint density at radius 3 is 2.43 bits per heavy atom. The summed E-state index contributed by atoms with van der Waals surface area (Å²) in [5, 5.41) is 5.54. The maximum Gasteiger partial charge on any atom is 0.446 e. The zero-order chi connectivity index (χ0) is 20.1. The van der Waals surface area contributed by atoms with Crippen molar-refractivity contribution in [3.63, 3.8) is 0 Å². The zero-order valence-electron chi connectivity index (χ0n) is 14.6. The van der Waals surface area contributed by atoms with Crippen LogP contribution >= 0.6 is 11.8 Å². The van der Waals surface area contributed by atoms with Gasteiger partial charge in [-0.1, -0.05) is 18.2 Å². The summed E-state index contributed by atoms with van der Waals surface area (Å²) in [7, 11) is 0. The number of rotatable bonds is 6. The first-order valence-electron chi connectivity index (χ1n) is 8.54. The molecule has 2 aromatic carbocycles. The van der Waals surface area contributed by atoms with Crippen molar-refractivity contribution in [1.82, 2.24) is 5.32 Å². The van der Waals surface area contributed by atoms with Crippen LogP contribution in [0.3, 0.4) is 0 Å². The van der Waals surface area contributed by atoms with Crippen LogP contribution in [0.25, 0.3) is 6.08 Å². The molecule has 0 atom stereocenters. The lowest BCUT2D eigenvalue weighted by Crippen LogP contribution is -2.25. The van der Waals surface area contributed by atoms with Crippen LogP contribution in [0.15, 0.2) is 59.5 Å². The molecule has 0 bridgehead atoms. The van der Waals surface area contributed by atoms with E-state index in [1.165, 1.54) is 36.4 Å². The van der Waals surface area contributed by atoms with Crippen molar-refractivity contribution in [2.45, 2.75) is 29.3 Å². The normalized spacial score (nSPS) is 14.1. The van der Waals surface area contributed by atoms with Crippen LogP contribution < -0.4 is 10.6 Å². The van der Waals surface area contributed by atoms with E-state index in [9.17, 15) is 22.8 Å². The molecule has 0 unspecified atom stereocenters. The lowest BCUT2D eigenvalue weighted by molar-refractivity contribution is -0.111. The van der Waals surface area contributed by atoms with Crippen molar-refractivity contribution in [3.8, 4) is 0 Å². The molecule has 2 aromatic rings. The smallest absolute Gasteiger partial charge is 0.349 e. The summed E-state index contributed by atoms with van der Waals surface area (Å²) in [6.45, 7) is 0. The van der Waals surface area contributed by atoms with E-state index in [1.807, 2.05) is 0 Å². The minimum atomic E-state index is -4.33. The molecular formula is C20H17F3N2O2S. The van der Waals surface area contributed by atoms with Crippen LogP contribution in [0.1, 0.15) is 28.8 Å². The largest absolute Gasteiger partial charge is 0.446 e. The van der Waals surface area contributed by atoms with Gasteiger partial charge < -0.3 is 10.6 Å². The van der Waals surface area contributed by atoms with Gasteiger partial charge >= 0.3 is 5.51 Å². The second kappa shape index (κ2) is 8.52. The first-order chi connectivity index (χ1) is 13.3. The van der Waals surface area contributed by atoms with Gasteiger partial charge in [0, 0.05) is 28.3 Å². The van der Waals surface area contributed by atoms with Gasteiger partial charge in [0.1, 0.15) is 0 Å². The molecule has 1 fully saturated rings. The molecular weight excluding hydrogens is 389 g/mol. The van der Waals surface area contributed by atoms with E-state index in [0.717, 1.165) is 12.8 Å². The fourth-order valence-electron chi connectivity index (χ4n) is 2.37. The Balaban J connectivity index is 1.56. The minimum Gasteiger partial charge on any atom is -0.349 e. The Labute approximate surface area is 164 Å². The molecule has 1 saturated carbocycles. The quantitative estimate of drug-likeness (QED) is 0.533. The number of benzene rings is 2. The van der Waals surface area contributed by atoms with Crippen molar-refractivity contribution in [2.75, 3.05) is 5.32 Å². The molecule has 146 valence electrons. The van der Waals surface area contributed by atoms with Gasteiger partial charge in [-0.05, 0) is 66.6 Å². The average Bonchev–Trinajstić information content (AvgIpc) is 3.44. The molecule has 1 aliphatic carbocycles. The highest BCUT2D eigenvalue weighted by atomic mass is 32.2. The second-order valence-corrected chi connectivity index (χ2v) is 7.41. The summed E-state index contributed by atoms with van der Waals surface area (Å²) in [6.07, 6.45) is 4.76. The molecule has 28 heavy (non-hydrogen) atoms. The van der Waals surface area contributed by atoms with E-state index in [-0.39, 0.29) is 28.6 Å². The van der Waals surface area contributed by atoms with Crippen LogP contribution in [-0.4, -0.2) is 23.4 Å². The van der Waals surface area contributed by atoms with Crippen molar-refractivity contribution in [1.29, 1.82) is 0 Å². The molecule has 3 rings (SSSR count). The Bertz CT molecular complexity index is 891. The van der Waals surface area contributed by atoms with Gasteiger partial charge in [-0.25, -0.2) is 0 Å². The van der Waals surface area contributed by atoms with Gasteiger partial charge in [0.05, 0.1) is 0 Å². The van der Waals surface area contributed by atoms with Gasteiger partial charge in [-0.15, -0.1) is 0 Å². The third kappa shape index (κ3) is 6.45. The second-order valence-electron chi connectivity index (χ2n) is 6.27. The van der Waals surface area contributed by atoms with Crippen molar-refractivity contribution in [3.05, 3.63) is 65.7 Å². The molecule has 0 aliphatic heterocycles. The number of hydrogen-bond acceptors (Lipinski definition) is 3. The third-order valence-electron chi connectivity index (χ3n) is 3.85. The molecule has 0 saturated heterocycles. The molecule has 8 heteroatoms. The van der Waals surface area contributed by atoms with Gasteiger partial charge in [0.2, 0.25) is 5.91 Å². The number of carbonyl (C=O) groups is 2. The minimum absolute atomic E-state index is 0.0791. The molecule has 2 amide bonds. The molecule has 2 N–H and O–H groups in total. The highest BCUT2D eigenvalue weighted by Crippen LogP contribution is 2.36. The van der Waals surface area contributed by atoms with E-state index in [1.54, 1.807) is 24.3 Å². The fourth-order valence-corrected chi connectivity index (χ4v) is 2.91. The van der Waals surface area contributed by atoms with E-state index in [0.29, 0.717) is 16.8 Å². The Morgan fingerprint density at radius 1 is 1.07 bits per heavy atom. The summed E-state index contributed by atoms with van der Waals surface area (Å²) in [6, 6.07) is 12.5. The number of carbonyl (C=O) groups excluding carboxylic acids is 2. The first-order valence-corrected chi connectivity index (χ1v) is 9.36. The molecule has 0 heterocycles. The van der Waals surface area contributed by atoms with Gasteiger partial charge in [-0.3, -0.25) is 9.59 Å². The predicted octanol–water partition coefficient (Wildman–Crippen LogP) is 4.84. The van der Waals surface area contributed by atoms with Crippen LogP contribution in [0.4, 0.5) is 18.9 Å². The molecule has 0 radical (unpaired) electrons. The van der Waals surface area contributed by atoms with E-state index in [4.69, 9.17) is 0 Å². The van der Waals surface area contributed by atoms with E-state index in [2.05, 4.69) is 10.6 Å². The lowest BCUT2D eigenvalue weighted by Gasteiger charge is -2.07. The van der Waals surface area contributed by atoms with Crippen molar-refractivity contribution >= 4 is 35.3 Å². The number of thioether (sulfide) groups is 1. The average molecular weight is 406 g/mol. The predicted molar refractivity (Wildman–Crippen MR) is 103 cm³/mol. The highest BCUT2D eigenvalue weighted by molar-refractivity contribution is 8.00. The Morgan fingerprint density at radius 2 is 1.79 bits per heavy atom. The molecule has 4 nitrogen and oxygen atoms in total. The van der Waals surface area contributed by atoms with Crippen LogP contribution in [-0.2, 0) is 4.79 Å². The van der Waals surface area contributed by atoms with Gasteiger partial charge in [0.15, 0.2) is 0 Å². The fraction of sp³-hybridized carbons (Fsp3) is 0.200. The number of hydrogen-bond donors (Lipinski definition) is 2. The summed E-state index contributed by atoms with van der Waals surface area (Å²) in [4.78, 5) is 24.2. The number of amides is 2. The molecule has 0 spiro atoms. The third-order valence-corrected chi connectivity index (χ3v) is 4.59. The maximum atomic E-state index is 12.3. The maximum absolute atomic E-state index is 12.3.